The standard InChI is InChI=1S/C4H6ClN3/c5-4-3(1-6)7-2-8-4/h2H,1,6H2,(H,7,8). The lowest BCUT2D eigenvalue weighted by molar-refractivity contribution is 1.01. The summed E-state index contributed by atoms with van der Waals surface area (Å²) in [7, 11) is 0. The molecule has 1 heterocycles. The Balaban J connectivity index is 2.92. The molecule has 0 saturated heterocycles. The number of aromatic amines is 1. The van der Waals surface area contributed by atoms with E-state index >= 15 is 0 Å². The van der Waals surface area contributed by atoms with Gasteiger partial charge >= 0.3 is 0 Å². The molecule has 0 fully saturated rings. The van der Waals surface area contributed by atoms with Gasteiger partial charge in [-0.05, 0) is 0 Å². The van der Waals surface area contributed by atoms with Crippen molar-refractivity contribution in [2.75, 3.05) is 0 Å². The van der Waals surface area contributed by atoms with Crippen LogP contribution < -0.4 is 5.73 Å². The number of rotatable bonds is 1. The number of aromatic nitrogens is 2. The largest absolute Gasteiger partial charge is 0.346 e. The van der Waals surface area contributed by atoms with Crippen molar-refractivity contribution in [2.45, 2.75) is 6.54 Å². The quantitative estimate of drug-likeness (QED) is 0.584. The van der Waals surface area contributed by atoms with Gasteiger partial charge in [-0.3, -0.25) is 0 Å². The van der Waals surface area contributed by atoms with Crippen LogP contribution in [0.1, 0.15) is 5.69 Å². The smallest absolute Gasteiger partial charge is 0.151 e. The highest BCUT2D eigenvalue weighted by Crippen LogP contribution is 2.06. The Bertz CT molecular complexity index is 172. The minimum Gasteiger partial charge on any atom is -0.346 e. The minimum absolute atomic E-state index is 0.416. The predicted molar refractivity (Wildman–Crippen MR) is 31.5 cm³/mol. The summed E-state index contributed by atoms with van der Waals surface area (Å²) in [5, 5.41) is 0.465. The Morgan fingerprint density at radius 2 is 2.62 bits per heavy atom. The van der Waals surface area contributed by atoms with Crippen LogP contribution in [-0.4, -0.2) is 9.97 Å². The van der Waals surface area contributed by atoms with Crippen molar-refractivity contribution in [1.82, 2.24) is 9.97 Å². The van der Waals surface area contributed by atoms with Crippen molar-refractivity contribution in [1.29, 1.82) is 0 Å². The molecule has 3 nitrogen and oxygen atoms in total. The van der Waals surface area contributed by atoms with E-state index in [0.717, 1.165) is 5.69 Å². The number of imidazole rings is 1. The molecule has 0 aromatic carbocycles. The van der Waals surface area contributed by atoms with Crippen molar-refractivity contribution in [2.24, 2.45) is 5.73 Å². The van der Waals surface area contributed by atoms with E-state index in [-0.39, 0.29) is 0 Å². The maximum absolute atomic E-state index is 5.52. The molecule has 0 amide bonds. The van der Waals surface area contributed by atoms with Gasteiger partial charge in [-0.15, -0.1) is 0 Å². The molecule has 4 heteroatoms. The maximum Gasteiger partial charge on any atom is 0.151 e. The minimum atomic E-state index is 0.416. The highest BCUT2D eigenvalue weighted by molar-refractivity contribution is 6.30. The highest BCUT2D eigenvalue weighted by Gasteiger charge is 1.96. The third-order valence-electron chi connectivity index (χ3n) is 0.870. The SMILES string of the molecule is NCc1[nH]cnc1Cl. The summed E-state index contributed by atoms with van der Waals surface area (Å²) >= 11 is 5.52. The van der Waals surface area contributed by atoms with E-state index in [0.29, 0.717) is 11.7 Å². The van der Waals surface area contributed by atoms with Crippen molar-refractivity contribution in [3.05, 3.63) is 17.2 Å². The fraction of sp³-hybridized carbons (Fsp3) is 0.250. The third kappa shape index (κ3) is 0.827. The van der Waals surface area contributed by atoms with Gasteiger partial charge in [0.2, 0.25) is 0 Å². The molecule has 1 aromatic rings. The first-order chi connectivity index (χ1) is 3.84. The van der Waals surface area contributed by atoms with Crippen molar-refractivity contribution in [3.8, 4) is 0 Å². The number of hydrogen-bond acceptors (Lipinski definition) is 2. The Hall–Kier alpha value is -0.540. The van der Waals surface area contributed by atoms with Crippen LogP contribution in [0.2, 0.25) is 5.15 Å². The Kier molecular flexibility index (Phi) is 1.50. The first kappa shape index (κ1) is 5.59. The van der Waals surface area contributed by atoms with Crippen LogP contribution >= 0.6 is 11.6 Å². The van der Waals surface area contributed by atoms with Gasteiger partial charge < -0.3 is 10.7 Å². The zero-order valence-electron chi connectivity index (χ0n) is 4.19. The van der Waals surface area contributed by atoms with E-state index in [9.17, 15) is 0 Å². The average Bonchev–Trinajstić information content (AvgIpc) is 2.14. The van der Waals surface area contributed by atoms with E-state index in [1.807, 2.05) is 0 Å². The summed E-state index contributed by atoms with van der Waals surface area (Å²) in [6, 6.07) is 0. The number of nitrogens with one attached hydrogen (secondary N) is 1. The number of halogens is 1. The number of H-pyrrole nitrogens is 1. The molecular weight excluding hydrogens is 126 g/mol. The van der Waals surface area contributed by atoms with Gasteiger partial charge in [-0.25, -0.2) is 4.98 Å². The molecule has 1 aromatic heterocycles. The molecule has 0 unspecified atom stereocenters. The second-order valence-corrected chi connectivity index (χ2v) is 1.73. The summed E-state index contributed by atoms with van der Waals surface area (Å²) < 4.78 is 0. The van der Waals surface area contributed by atoms with Crippen LogP contribution in [0.3, 0.4) is 0 Å². The van der Waals surface area contributed by atoms with Crippen LogP contribution in [0.4, 0.5) is 0 Å². The maximum atomic E-state index is 5.52. The Morgan fingerprint density at radius 3 is 2.88 bits per heavy atom. The average molecular weight is 132 g/mol. The fourth-order valence-electron chi connectivity index (χ4n) is 0.447. The summed E-state index contributed by atoms with van der Waals surface area (Å²) in [6.45, 7) is 0.416. The molecule has 44 valence electrons. The molecule has 0 aliphatic carbocycles. The zero-order valence-corrected chi connectivity index (χ0v) is 4.94. The Labute approximate surface area is 51.9 Å². The van der Waals surface area contributed by atoms with Gasteiger partial charge in [-0.2, -0.15) is 0 Å². The van der Waals surface area contributed by atoms with Crippen LogP contribution in [-0.2, 0) is 6.54 Å². The van der Waals surface area contributed by atoms with Gasteiger partial charge in [0.25, 0.3) is 0 Å². The molecule has 0 aliphatic rings. The van der Waals surface area contributed by atoms with Crippen LogP contribution in [0.5, 0.6) is 0 Å². The molecule has 0 atom stereocenters. The molecule has 8 heavy (non-hydrogen) atoms. The number of nitrogens with zero attached hydrogens (tertiary/aromatic N) is 1. The van der Waals surface area contributed by atoms with Crippen molar-refractivity contribution in [3.63, 3.8) is 0 Å². The van der Waals surface area contributed by atoms with Crippen molar-refractivity contribution >= 4 is 11.6 Å². The van der Waals surface area contributed by atoms with E-state index in [1.165, 1.54) is 6.33 Å². The van der Waals surface area contributed by atoms with Gasteiger partial charge in [0.15, 0.2) is 5.15 Å². The lowest BCUT2D eigenvalue weighted by Crippen LogP contribution is -1.96. The summed E-state index contributed by atoms with van der Waals surface area (Å²) in [6.07, 6.45) is 1.52. The molecular formula is C4H6ClN3. The van der Waals surface area contributed by atoms with Crippen molar-refractivity contribution < 1.29 is 0 Å². The Morgan fingerprint density at radius 1 is 1.88 bits per heavy atom. The van der Waals surface area contributed by atoms with Gasteiger partial charge in [-0.1, -0.05) is 11.6 Å². The zero-order chi connectivity index (χ0) is 5.98. The molecule has 1 rings (SSSR count). The second-order valence-electron chi connectivity index (χ2n) is 1.38. The van der Waals surface area contributed by atoms with Crippen LogP contribution in [0.25, 0.3) is 0 Å². The van der Waals surface area contributed by atoms with E-state index in [2.05, 4.69) is 9.97 Å². The van der Waals surface area contributed by atoms with Crippen LogP contribution in [0, 0.1) is 0 Å². The van der Waals surface area contributed by atoms with E-state index in [4.69, 9.17) is 17.3 Å². The van der Waals surface area contributed by atoms with Gasteiger partial charge in [0.05, 0.1) is 12.0 Å². The normalized spacial score (nSPS) is 9.75. The number of hydrogen-bond donors (Lipinski definition) is 2. The first-order valence-electron chi connectivity index (χ1n) is 2.22. The summed E-state index contributed by atoms with van der Waals surface area (Å²) in [5.41, 5.74) is 6.02. The number of nitrogens with two attached hydrogens (primary N) is 1. The van der Waals surface area contributed by atoms with Crippen LogP contribution in [0.15, 0.2) is 6.33 Å². The molecule has 0 bridgehead atoms. The lowest BCUT2D eigenvalue weighted by atomic mass is 10.5. The molecule has 3 N–H and O–H groups in total. The van der Waals surface area contributed by atoms with E-state index < -0.39 is 0 Å². The topological polar surface area (TPSA) is 54.7 Å². The van der Waals surface area contributed by atoms with Gasteiger partial charge in [0.1, 0.15) is 0 Å². The summed E-state index contributed by atoms with van der Waals surface area (Å²) in [5.74, 6) is 0. The molecule has 0 aliphatic heterocycles. The summed E-state index contributed by atoms with van der Waals surface area (Å²) in [4.78, 5) is 6.50. The monoisotopic (exact) mass is 131 g/mol. The molecule has 0 spiro atoms. The second kappa shape index (κ2) is 2.15. The van der Waals surface area contributed by atoms with Gasteiger partial charge in [0, 0.05) is 6.54 Å². The first-order valence-corrected chi connectivity index (χ1v) is 2.60. The predicted octanol–water partition coefficient (Wildman–Crippen LogP) is 0.522. The highest BCUT2D eigenvalue weighted by atomic mass is 35.5. The van der Waals surface area contributed by atoms with E-state index in [1.54, 1.807) is 0 Å². The fourth-order valence-corrected chi connectivity index (χ4v) is 0.628. The molecule has 0 radical (unpaired) electrons. The molecule has 0 saturated carbocycles. The lowest BCUT2D eigenvalue weighted by Gasteiger charge is -1.85. The third-order valence-corrected chi connectivity index (χ3v) is 1.20.